The lowest BCUT2D eigenvalue weighted by molar-refractivity contribution is -0.130. The molecule has 166 valence electrons. The minimum Gasteiger partial charge on any atom is -0.423 e. The summed E-state index contributed by atoms with van der Waals surface area (Å²) in [7, 11) is 0. The molecule has 3 nitrogen and oxygen atoms in total. The van der Waals surface area contributed by atoms with Gasteiger partial charge in [0.25, 0.3) is 0 Å². The first-order chi connectivity index (χ1) is 15.4. The molecule has 0 aromatic heterocycles. The lowest BCUT2D eigenvalue weighted by atomic mass is 9.93. The number of aryl methyl sites for hydroxylation is 3. The highest BCUT2D eigenvalue weighted by Crippen LogP contribution is 2.29. The monoisotopic (exact) mass is 432 g/mol. The third-order valence-corrected chi connectivity index (χ3v) is 5.46. The Kier molecular flexibility index (Phi) is 7.96. The first kappa shape index (κ1) is 23.4. The van der Waals surface area contributed by atoms with Crippen molar-refractivity contribution in [1.29, 1.82) is 0 Å². The van der Waals surface area contributed by atoms with E-state index in [9.17, 15) is 9.18 Å². The van der Waals surface area contributed by atoms with Gasteiger partial charge in [-0.25, -0.2) is 9.18 Å². The number of rotatable bonds is 9. The first-order valence-electron chi connectivity index (χ1n) is 10.9. The van der Waals surface area contributed by atoms with E-state index in [2.05, 4.69) is 19.6 Å². The number of carbonyl (C=O) groups excluding carboxylic acids is 1. The molecule has 0 heterocycles. The summed E-state index contributed by atoms with van der Waals surface area (Å²) < 4.78 is 20.2. The van der Waals surface area contributed by atoms with Crippen molar-refractivity contribution in [3.63, 3.8) is 0 Å². The van der Waals surface area contributed by atoms with E-state index in [4.69, 9.17) is 9.84 Å². The Bertz CT molecular complexity index is 1100. The highest BCUT2D eigenvalue weighted by atomic mass is 19.1. The van der Waals surface area contributed by atoms with Crippen LogP contribution in [0.1, 0.15) is 36.1 Å². The summed E-state index contributed by atoms with van der Waals surface area (Å²) in [5.41, 5.74) is 6.01. The lowest BCUT2D eigenvalue weighted by Gasteiger charge is -2.13. The zero-order valence-corrected chi connectivity index (χ0v) is 18.7. The van der Waals surface area contributed by atoms with Crippen molar-refractivity contribution in [2.24, 2.45) is 0 Å². The maximum absolute atomic E-state index is 15.0. The van der Waals surface area contributed by atoms with Gasteiger partial charge in [-0.3, -0.25) is 0 Å². The Labute approximate surface area is 189 Å². The van der Waals surface area contributed by atoms with Crippen LogP contribution in [0.25, 0.3) is 11.1 Å². The molecule has 0 spiro atoms. The van der Waals surface area contributed by atoms with Crippen LogP contribution in [0.3, 0.4) is 0 Å². The van der Waals surface area contributed by atoms with Crippen LogP contribution in [0.15, 0.2) is 72.8 Å². The summed E-state index contributed by atoms with van der Waals surface area (Å²) in [4.78, 5) is 11.6. The van der Waals surface area contributed by atoms with Gasteiger partial charge in [-0.1, -0.05) is 56.0 Å². The van der Waals surface area contributed by atoms with Gasteiger partial charge in [-0.2, -0.15) is 0 Å². The lowest BCUT2D eigenvalue weighted by Crippen LogP contribution is -2.08. The van der Waals surface area contributed by atoms with Crippen LogP contribution in [0.5, 0.6) is 5.75 Å². The Hall–Kier alpha value is -3.24. The zero-order chi connectivity index (χ0) is 23.1. The smallest absolute Gasteiger partial charge is 0.338 e. The minimum absolute atomic E-state index is 0.105. The molecule has 0 radical (unpaired) electrons. The zero-order valence-electron chi connectivity index (χ0n) is 18.7. The molecular formula is C28H29FO3. The van der Waals surface area contributed by atoms with Gasteiger partial charge in [0.2, 0.25) is 0 Å². The number of hydrogen-bond donors (Lipinski definition) is 1. The summed E-state index contributed by atoms with van der Waals surface area (Å²) in [6.45, 7) is 7.34. The largest absolute Gasteiger partial charge is 0.423 e. The van der Waals surface area contributed by atoms with E-state index in [0.29, 0.717) is 29.7 Å². The Morgan fingerprint density at radius 1 is 0.906 bits per heavy atom. The van der Waals surface area contributed by atoms with Crippen LogP contribution < -0.4 is 4.74 Å². The van der Waals surface area contributed by atoms with Gasteiger partial charge in [0.15, 0.2) is 0 Å². The predicted octanol–water partition coefficient (Wildman–Crippen LogP) is 5.86. The second-order valence-electron chi connectivity index (χ2n) is 7.95. The van der Waals surface area contributed by atoms with E-state index < -0.39 is 5.97 Å². The van der Waals surface area contributed by atoms with Gasteiger partial charge in [0, 0.05) is 17.7 Å². The SMILES string of the molecule is C=C(C)C(=O)Oc1ccc(CCc2ccc(-c3ccc(CCO)cc3CC)c(F)c2)cc1. The van der Waals surface area contributed by atoms with Crippen LogP contribution in [-0.2, 0) is 30.5 Å². The van der Waals surface area contributed by atoms with Gasteiger partial charge >= 0.3 is 5.97 Å². The second-order valence-corrected chi connectivity index (χ2v) is 7.95. The summed E-state index contributed by atoms with van der Waals surface area (Å²) in [5.74, 6) is -0.189. The number of carbonyl (C=O) groups is 1. The van der Waals surface area contributed by atoms with Gasteiger partial charge in [-0.15, -0.1) is 0 Å². The molecule has 3 aromatic carbocycles. The third kappa shape index (κ3) is 5.92. The molecular weight excluding hydrogens is 403 g/mol. The molecule has 4 heteroatoms. The number of aliphatic hydroxyl groups is 1. The van der Waals surface area contributed by atoms with Gasteiger partial charge in [0.05, 0.1) is 0 Å². The molecule has 0 atom stereocenters. The predicted molar refractivity (Wildman–Crippen MR) is 126 cm³/mol. The molecule has 0 unspecified atom stereocenters. The third-order valence-electron chi connectivity index (χ3n) is 5.46. The number of ether oxygens (including phenoxy) is 1. The van der Waals surface area contributed by atoms with Crippen LogP contribution in [0.2, 0.25) is 0 Å². The van der Waals surface area contributed by atoms with E-state index in [1.54, 1.807) is 25.1 Å². The number of halogens is 1. The fourth-order valence-electron chi connectivity index (χ4n) is 3.63. The minimum atomic E-state index is -0.442. The molecule has 0 saturated carbocycles. The summed E-state index contributed by atoms with van der Waals surface area (Å²) in [6, 6.07) is 18.7. The van der Waals surface area contributed by atoms with E-state index in [1.807, 2.05) is 36.4 Å². The molecule has 0 fully saturated rings. The van der Waals surface area contributed by atoms with Crippen molar-refractivity contribution in [3.05, 3.63) is 101 Å². The van der Waals surface area contributed by atoms with Crippen molar-refractivity contribution in [3.8, 4) is 16.9 Å². The van der Waals surface area contributed by atoms with Crippen molar-refractivity contribution in [1.82, 2.24) is 0 Å². The van der Waals surface area contributed by atoms with Crippen molar-refractivity contribution >= 4 is 5.97 Å². The Balaban J connectivity index is 1.68. The molecule has 0 bridgehead atoms. The van der Waals surface area contributed by atoms with E-state index in [0.717, 1.165) is 40.7 Å². The maximum atomic E-state index is 15.0. The normalized spacial score (nSPS) is 10.8. The average Bonchev–Trinajstić information content (AvgIpc) is 2.79. The summed E-state index contributed by atoms with van der Waals surface area (Å²) in [5, 5.41) is 9.16. The van der Waals surface area contributed by atoms with E-state index in [1.165, 1.54) is 0 Å². The van der Waals surface area contributed by atoms with Crippen LogP contribution in [0, 0.1) is 5.82 Å². The topological polar surface area (TPSA) is 46.5 Å². The second kappa shape index (κ2) is 10.9. The van der Waals surface area contributed by atoms with Crippen LogP contribution >= 0.6 is 0 Å². The highest BCUT2D eigenvalue weighted by Gasteiger charge is 2.11. The Morgan fingerprint density at radius 2 is 1.50 bits per heavy atom. The maximum Gasteiger partial charge on any atom is 0.338 e. The van der Waals surface area contributed by atoms with E-state index in [-0.39, 0.29) is 12.4 Å². The number of esters is 1. The molecule has 0 amide bonds. The summed E-state index contributed by atoms with van der Waals surface area (Å²) in [6.07, 6.45) is 2.86. The van der Waals surface area contributed by atoms with Gasteiger partial charge < -0.3 is 9.84 Å². The summed E-state index contributed by atoms with van der Waals surface area (Å²) >= 11 is 0. The van der Waals surface area contributed by atoms with Crippen molar-refractivity contribution in [2.75, 3.05) is 6.61 Å². The first-order valence-corrected chi connectivity index (χ1v) is 10.9. The quantitative estimate of drug-likeness (QED) is 0.262. The average molecular weight is 433 g/mol. The molecule has 3 aromatic rings. The number of aliphatic hydroxyl groups excluding tert-OH is 1. The highest BCUT2D eigenvalue weighted by molar-refractivity contribution is 5.88. The molecule has 0 saturated heterocycles. The molecule has 0 aliphatic carbocycles. The van der Waals surface area contributed by atoms with Gasteiger partial charge in [0.1, 0.15) is 11.6 Å². The molecule has 32 heavy (non-hydrogen) atoms. The fraction of sp³-hybridized carbons (Fsp3) is 0.250. The van der Waals surface area contributed by atoms with E-state index >= 15 is 0 Å². The number of benzene rings is 3. The molecule has 0 aliphatic heterocycles. The van der Waals surface area contributed by atoms with Crippen molar-refractivity contribution < 1.29 is 19.0 Å². The van der Waals surface area contributed by atoms with Crippen molar-refractivity contribution in [2.45, 2.75) is 39.5 Å². The standard InChI is InChI=1S/C28H29FO3/c1-4-23-17-22(15-16-30)9-13-25(23)26-14-10-21(18-27(26)29)6-5-20-7-11-24(12-8-20)32-28(31)19(2)3/h7-14,17-18,30H,2,4-6,15-16H2,1,3H3. The van der Waals surface area contributed by atoms with Crippen LogP contribution in [-0.4, -0.2) is 17.7 Å². The molecule has 3 rings (SSSR count). The molecule has 0 aliphatic rings. The molecule has 1 N–H and O–H groups in total. The van der Waals surface area contributed by atoms with Gasteiger partial charge in [-0.05, 0) is 78.6 Å². The number of hydrogen-bond acceptors (Lipinski definition) is 3. The fourth-order valence-corrected chi connectivity index (χ4v) is 3.63. The Morgan fingerprint density at radius 3 is 2.09 bits per heavy atom. The van der Waals surface area contributed by atoms with Crippen LogP contribution in [0.4, 0.5) is 4.39 Å².